The van der Waals surface area contributed by atoms with E-state index in [4.69, 9.17) is 4.42 Å². The minimum Gasteiger partial charge on any atom is -0.469 e. The van der Waals surface area contributed by atoms with Gasteiger partial charge in [0.15, 0.2) is 0 Å². The molecule has 1 unspecified atom stereocenters. The zero-order chi connectivity index (χ0) is 10.1. The van der Waals surface area contributed by atoms with Crippen molar-refractivity contribution >= 4 is 0 Å². The van der Waals surface area contributed by atoms with Gasteiger partial charge in [0.25, 0.3) is 0 Å². The Morgan fingerprint density at radius 3 is 3.13 bits per heavy atom. The lowest BCUT2D eigenvalue weighted by atomic mass is 9.93. The molecule has 1 atom stereocenters. The molecular formula is C13H19NO. The minimum atomic E-state index is 0.561. The molecule has 2 aliphatic rings. The molecule has 0 radical (unpaired) electrons. The number of rotatable bonds is 4. The highest BCUT2D eigenvalue weighted by Gasteiger charge is 2.24. The van der Waals surface area contributed by atoms with Crippen LogP contribution in [-0.4, -0.2) is 6.54 Å². The van der Waals surface area contributed by atoms with Crippen LogP contribution >= 0.6 is 0 Å². The van der Waals surface area contributed by atoms with Crippen LogP contribution in [0.1, 0.15) is 49.5 Å². The van der Waals surface area contributed by atoms with Crippen LogP contribution in [-0.2, 0) is 6.42 Å². The maximum absolute atomic E-state index is 5.49. The lowest BCUT2D eigenvalue weighted by Gasteiger charge is -2.22. The van der Waals surface area contributed by atoms with Crippen LogP contribution in [0.4, 0.5) is 0 Å². The monoisotopic (exact) mass is 205 g/mol. The van der Waals surface area contributed by atoms with Gasteiger partial charge in [0.2, 0.25) is 0 Å². The van der Waals surface area contributed by atoms with Crippen LogP contribution in [0.5, 0.6) is 0 Å². The summed E-state index contributed by atoms with van der Waals surface area (Å²) in [6, 6.07) is 2.70. The van der Waals surface area contributed by atoms with Gasteiger partial charge in [-0.1, -0.05) is 12.8 Å². The van der Waals surface area contributed by atoms with Crippen LogP contribution in [0, 0.1) is 5.92 Å². The number of hydrogen-bond donors (Lipinski definition) is 1. The molecule has 1 aromatic rings. The van der Waals surface area contributed by atoms with E-state index in [0.29, 0.717) is 6.04 Å². The first kappa shape index (κ1) is 9.46. The zero-order valence-corrected chi connectivity index (χ0v) is 9.17. The molecule has 0 saturated heterocycles. The van der Waals surface area contributed by atoms with Crippen molar-refractivity contribution in [1.29, 1.82) is 0 Å². The number of hydrogen-bond acceptors (Lipinski definition) is 2. The summed E-state index contributed by atoms with van der Waals surface area (Å²) in [7, 11) is 0. The molecule has 3 rings (SSSR count). The summed E-state index contributed by atoms with van der Waals surface area (Å²) in [6.07, 6.45) is 9.80. The highest BCUT2D eigenvalue weighted by atomic mass is 16.3. The molecule has 82 valence electrons. The molecule has 1 saturated carbocycles. The van der Waals surface area contributed by atoms with Gasteiger partial charge in [-0.3, -0.25) is 0 Å². The molecule has 0 amide bonds. The van der Waals surface area contributed by atoms with E-state index in [2.05, 4.69) is 11.4 Å². The third kappa shape index (κ3) is 2.10. The normalized spacial score (nSPS) is 25.2. The van der Waals surface area contributed by atoms with Gasteiger partial charge < -0.3 is 9.73 Å². The summed E-state index contributed by atoms with van der Waals surface area (Å²) in [5.74, 6) is 2.25. The third-order valence-corrected chi connectivity index (χ3v) is 3.69. The smallest absolute Gasteiger partial charge is 0.108 e. The lowest BCUT2D eigenvalue weighted by Crippen LogP contribution is -2.25. The van der Waals surface area contributed by atoms with Crippen molar-refractivity contribution < 1.29 is 4.42 Å². The standard InChI is InChI=1S/C13H19NO/c1-2-12(14-8-6-10-4-5-10)11-7-9-15-13(11)3-1/h7,9-10,12,14H,1-6,8H2. The van der Waals surface area contributed by atoms with Gasteiger partial charge in [0.05, 0.1) is 6.26 Å². The first-order valence-corrected chi connectivity index (χ1v) is 6.23. The summed E-state index contributed by atoms with van der Waals surface area (Å²) < 4.78 is 5.49. The van der Waals surface area contributed by atoms with Crippen molar-refractivity contribution in [3.05, 3.63) is 23.7 Å². The summed E-state index contributed by atoms with van der Waals surface area (Å²) in [5, 5.41) is 3.68. The van der Waals surface area contributed by atoms with E-state index in [0.717, 1.165) is 12.3 Å². The largest absolute Gasteiger partial charge is 0.469 e. The Morgan fingerprint density at radius 1 is 1.33 bits per heavy atom. The molecule has 2 aliphatic carbocycles. The van der Waals surface area contributed by atoms with Crippen LogP contribution < -0.4 is 5.32 Å². The molecule has 1 N–H and O–H groups in total. The van der Waals surface area contributed by atoms with Gasteiger partial charge >= 0.3 is 0 Å². The summed E-state index contributed by atoms with van der Waals surface area (Å²) in [4.78, 5) is 0. The SMILES string of the molecule is c1cc2c(o1)CCCC2NCCC1CC1. The summed E-state index contributed by atoms with van der Waals surface area (Å²) >= 11 is 0. The van der Waals surface area contributed by atoms with Crippen molar-refractivity contribution in [1.82, 2.24) is 5.32 Å². The first-order chi connectivity index (χ1) is 7.43. The molecule has 1 fully saturated rings. The number of fused-ring (bicyclic) bond motifs is 1. The number of aryl methyl sites for hydroxylation is 1. The first-order valence-electron chi connectivity index (χ1n) is 6.23. The van der Waals surface area contributed by atoms with E-state index in [1.807, 2.05) is 6.26 Å². The van der Waals surface area contributed by atoms with Gasteiger partial charge in [0.1, 0.15) is 5.76 Å². The molecule has 1 aromatic heterocycles. The molecule has 0 bridgehead atoms. The fourth-order valence-corrected chi connectivity index (χ4v) is 2.57. The predicted molar refractivity (Wildman–Crippen MR) is 59.7 cm³/mol. The Bertz CT molecular complexity index is 327. The van der Waals surface area contributed by atoms with Crippen LogP contribution in [0.2, 0.25) is 0 Å². The van der Waals surface area contributed by atoms with Gasteiger partial charge in [-0.2, -0.15) is 0 Å². The van der Waals surface area contributed by atoms with Crippen molar-refractivity contribution in [2.24, 2.45) is 5.92 Å². The lowest BCUT2D eigenvalue weighted by molar-refractivity contribution is 0.407. The van der Waals surface area contributed by atoms with Crippen molar-refractivity contribution in [3.8, 4) is 0 Å². The van der Waals surface area contributed by atoms with E-state index in [9.17, 15) is 0 Å². The Kier molecular flexibility index (Phi) is 2.53. The van der Waals surface area contributed by atoms with E-state index in [1.54, 1.807) is 0 Å². The second kappa shape index (κ2) is 4.01. The van der Waals surface area contributed by atoms with Gasteiger partial charge in [-0.25, -0.2) is 0 Å². The topological polar surface area (TPSA) is 25.2 Å². The molecule has 2 nitrogen and oxygen atoms in total. The number of nitrogens with one attached hydrogen (secondary N) is 1. The Hall–Kier alpha value is -0.760. The van der Waals surface area contributed by atoms with Crippen LogP contribution in [0.15, 0.2) is 16.7 Å². The second-order valence-corrected chi connectivity index (χ2v) is 4.93. The van der Waals surface area contributed by atoms with E-state index in [1.165, 1.54) is 50.0 Å². The Labute approximate surface area is 91.0 Å². The highest BCUT2D eigenvalue weighted by Crippen LogP contribution is 2.33. The average Bonchev–Trinajstić information content (AvgIpc) is 2.95. The highest BCUT2D eigenvalue weighted by molar-refractivity contribution is 5.23. The summed E-state index contributed by atoms with van der Waals surface area (Å²) in [6.45, 7) is 1.18. The van der Waals surface area contributed by atoms with Crippen LogP contribution in [0.25, 0.3) is 0 Å². The molecule has 0 aromatic carbocycles. The Balaban J connectivity index is 1.57. The van der Waals surface area contributed by atoms with Crippen molar-refractivity contribution in [2.75, 3.05) is 6.54 Å². The maximum atomic E-state index is 5.49. The minimum absolute atomic E-state index is 0.561. The van der Waals surface area contributed by atoms with Gasteiger partial charge in [-0.05, 0) is 37.8 Å². The van der Waals surface area contributed by atoms with Crippen molar-refractivity contribution in [2.45, 2.75) is 44.6 Å². The fourth-order valence-electron chi connectivity index (χ4n) is 2.57. The molecular weight excluding hydrogens is 186 g/mol. The van der Waals surface area contributed by atoms with Crippen molar-refractivity contribution in [3.63, 3.8) is 0 Å². The Morgan fingerprint density at radius 2 is 2.27 bits per heavy atom. The molecule has 2 heteroatoms. The maximum Gasteiger partial charge on any atom is 0.108 e. The summed E-state index contributed by atoms with van der Waals surface area (Å²) in [5.41, 5.74) is 1.41. The van der Waals surface area contributed by atoms with E-state index in [-0.39, 0.29) is 0 Å². The molecule has 0 spiro atoms. The fraction of sp³-hybridized carbons (Fsp3) is 0.692. The second-order valence-electron chi connectivity index (χ2n) is 4.93. The predicted octanol–water partition coefficient (Wildman–Crippen LogP) is 3.05. The van der Waals surface area contributed by atoms with Crippen LogP contribution in [0.3, 0.4) is 0 Å². The zero-order valence-electron chi connectivity index (χ0n) is 9.17. The third-order valence-electron chi connectivity index (χ3n) is 3.69. The quantitative estimate of drug-likeness (QED) is 0.817. The average molecular weight is 205 g/mol. The molecule has 0 aliphatic heterocycles. The van der Waals surface area contributed by atoms with E-state index < -0.39 is 0 Å². The van der Waals surface area contributed by atoms with E-state index >= 15 is 0 Å². The molecule has 15 heavy (non-hydrogen) atoms. The van der Waals surface area contributed by atoms with Gasteiger partial charge in [0, 0.05) is 18.0 Å². The molecule has 1 heterocycles. The van der Waals surface area contributed by atoms with Gasteiger partial charge in [-0.15, -0.1) is 0 Å². The number of furan rings is 1.